The maximum atomic E-state index is 12.3. The molecule has 0 aromatic carbocycles. The molecule has 3 nitrogen and oxygen atoms in total. The second kappa shape index (κ2) is 4.84. The summed E-state index contributed by atoms with van der Waals surface area (Å²) in [7, 11) is 0. The Morgan fingerprint density at radius 3 is 2.83 bits per heavy atom. The molecular formula is C15H26N2O. The largest absolute Gasteiger partial charge is 0.354 e. The number of hydrogen-bond acceptors (Lipinski definition) is 2. The summed E-state index contributed by atoms with van der Waals surface area (Å²) < 4.78 is 0. The van der Waals surface area contributed by atoms with E-state index in [-0.39, 0.29) is 11.9 Å². The van der Waals surface area contributed by atoms with Crippen molar-refractivity contribution < 1.29 is 4.79 Å². The molecule has 0 spiro atoms. The predicted octanol–water partition coefficient (Wildman–Crippen LogP) is 2.07. The van der Waals surface area contributed by atoms with Crippen LogP contribution in [0.25, 0.3) is 0 Å². The molecule has 1 saturated heterocycles. The zero-order valence-electron chi connectivity index (χ0n) is 11.5. The maximum absolute atomic E-state index is 12.3. The van der Waals surface area contributed by atoms with Gasteiger partial charge in [-0.15, -0.1) is 0 Å². The molecule has 1 heterocycles. The van der Waals surface area contributed by atoms with E-state index in [1.54, 1.807) is 0 Å². The molecule has 102 valence electrons. The van der Waals surface area contributed by atoms with Crippen molar-refractivity contribution in [2.24, 2.45) is 17.3 Å². The SMILES string of the molecule is CCC1(CNC(=O)C2NCC3CCCC32)CCC1. The molecule has 18 heavy (non-hydrogen) atoms. The van der Waals surface area contributed by atoms with E-state index in [1.165, 1.54) is 44.9 Å². The lowest BCUT2D eigenvalue weighted by Crippen LogP contribution is -2.49. The van der Waals surface area contributed by atoms with Crippen LogP contribution in [0.15, 0.2) is 0 Å². The number of hydrogen-bond donors (Lipinski definition) is 2. The Labute approximate surface area is 110 Å². The minimum absolute atomic E-state index is 0.103. The molecule has 3 rings (SSSR count). The Morgan fingerprint density at radius 1 is 1.33 bits per heavy atom. The van der Waals surface area contributed by atoms with Gasteiger partial charge in [-0.3, -0.25) is 4.79 Å². The lowest BCUT2D eigenvalue weighted by Gasteiger charge is -2.41. The Hall–Kier alpha value is -0.570. The highest BCUT2D eigenvalue weighted by Gasteiger charge is 2.43. The van der Waals surface area contributed by atoms with E-state index in [0.717, 1.165) is 19.0 Å². The number of carbonyl (C=O) groups is 1. The van der Waals surface area contributed by atoms with Gasteiger partial charge in [0.2, 0.25) is 5.91 Å². The highest BCUT2D eigenvalue weighted by Crippen LogP contribution is 2.43. The second-order valence-corrected chi connectivity index (χ2v) is 6.67. The third-order valence-corrected chi connectivity index (χ3v) is 5.83. The number of rotatable bonds is 4. The minimum atomic E-state index is 0.103. The molecule has 1 amide bonds. The van der Waals surface area contributed by atoms with Gasteiger partial charge in [0, 0.05) is 6.54 Å². The first kappa shape index (κ1) is 12.5. The van der Waals surface area contributed by atoms with Crippen molar-refractivity contribution in [3.8, 4) is 0 Å². The van der Waals surface area contributed by atoms with E-state index in [9.17, 15) is 4.79 Å². The molecule has 0 aromatic heterocycles. The van der Waals surface area contributed by atoms with Gasteiger partial charge in [0.15, 0.2) is 0 Å². The number of fused-ring (bicyclic) bond motifs is 1. The summed E-state index contributed by atoms with van der Waals surface area (Å²) in [6.45, 7) is 4.21. The predicted molar refractivity (Wildman–Crippen MR) is 72.2 cm³/mol. The topological polar surface area (TPSA) is 41.1 Å². The van der Waals surface area contributed by atoms with E-state index in [4.69, 9.17) is 0 Å². The smallest absolute Gasteiger partial charge is 0.237 e. The summed E-state index contributed by atoms with van der Waals surface area (Å²) in [6.07, 6.45) is 9.03. The maximum Gasteiger partial charge on any atom is 0.237 e. The van der Waals surface area contributed by atoms with Crippen molar-refractivity contribution in [2.75, 3.05) is 13.1 Å². The van der Waals surface area contributed by atoms with E-state index >= 15 is 0 Å². The van der Waals surface area contributed by atoms with Gasteiger partial charge in [0.05, 0.1) is 6.04 Å². The number of amides is 1. The highest BCUT2D eigenvalue weighted by molar-refractivity contribution is 5.82. The summed E-state index contributed by atoms with van der Waals surface area (Å²) in [5.41, 5.74) is 0.434. The van der Waals surface area contributed by atoms with Crippen LogP contribution in [0.4, 0.5) is 0 Å². The van der Waals surface area contributed by atoms with Crippen molar-refractivity contribution >= 4 is 5.91 Å². The van der Waals surface area contributed by atoms with Crippen molar-refractivity contribution in [1.82, 2.24) is 10.6 Å². The highest BCUT2D eigenvalue weighted by atomic mass is 16.2. The Kier molecular flexibility index (Phi) is 3.35. The van der Waals surface area contributed by atoms with E-state index in [2.05, 4.69) is 17.6 Å². The third kappa shape index (κ3) is 2.07. The molecule has 3 fully saturated rings. The third-order valence-electron chi connectivity index (χ3n) is 5.83. The lowest BCUT2D eigenvalue weighted by molar-refractivity contribution is -0.124. The molecular weight excluding hydrogens is 224 g/mol. The van der Waals surface area contributed by atoms with Crippen molar-refractivity contribution in [3.63, 3.8) is 0 Å². The fourth-order valence-corrected chi connectivity index (χ4v) is 4.19. The average molecular weight is 250 g/mol. The zero-order chi connectivity index (χ0) is 12.6. The fraction of sp³-hybridized carbons (Fsp3) is 0.933. The summed E-state index contributed by atoms with van der Waals surface area (Å²) >= 11 is 0. The molecule has 3 aliphatic rings. The molecule has 0 radical (unpaired) electrons. The van der Waals surface area contributed by atoms with Gasteiger partial charge < -0.3 is 10.6 Å². The van der Waals surface area contributed by atoms with Gasteiger partial charge in [-0.2, -0.15) is 0 Å². The minimum Gasteiger partial charge on any atom is -0.354 e. The Morgan fingerprint density at radius 2 is 2.17 bits per heavy atom. The van der Waals surface area contributed by atoms with Gasteiger partial charge in [-0.05, 0) is 55.9 Å². The van der Waals surface area contributed by atoms with Gasteiger partial charge in [-0.1, -0.05) is 19.8 Å². The molecule has 2 N–H and O–H groups in total. The van der Waals surface area contributed by atoms with Crippen molar-refractivity contribution in [3.05, 3.63) is 0 Å². The van der Waals surface area contributed by atoms with Crippen LogP contribution in [-0.4, -0.2) is 25.0 Å². The number of carbonyl (C=O) groups excluding carboxylic acids is 1. The second-order valence-electron chi connectivity index (χ2n) is 6.67. The van der Waals surface area contributed by atoms with Crippen LogP contribution in [0.1, 0.15) is 51.9 Å². The number of nitrogens with one attached hydrogen (secondary N) is 2. The van der Waals surface area contributed by atoms with Crippen LogP contribution in [0.3, 0.4) is 0 Å². The fourth-order valence-electron chi connectivity index (χ4n) is 4.19. The van der Waals surface area contributed by atoms with Gasteiger partial charge in [0.1, 0.15) is 0 Å². The molecule has 3 atom stereocenters. The van der Waals surface area contributed by atoms with Crippen LogP contribution < -0.4 is 10.6 Å². The zero-order valence-corrected chi connectivity index (χ0v) is 11.5. The average Bonchev–Trinajstić information content (AvgIpc) is 2.89. The molecule has 2 saturated carbocycles. The van der Waals surface area contributed by atoms with E-state index < -0.39 is 0 Å². The molecule has 3 unspecified atom stereocenters. The quantitative estimate of drug-likeness (QED) is 0.802. The van der Waals surface area contributed by atoms with Crippen LogP contribution in [0.2, 0.25) is 0 Å². The monoisotopic (exact) mass is 250 g/mol. The Bertz CT molecular complexity index is 319. The molecule has 2 aliphatic carbocycles. The standard InChI is InChI=1S/C15H26N2O/c1-2-15(7-4-8-15)10-17-14(18)13-12-6-3-5-11(12)9-16-13/h11-13,16H,2-10H2,1H3,(H,17,18). The van der Waals surface area contributed by atoms with Crippen molar-refractivity contribution in [1.29, 1.82) is 0 Å². The van der Waals surface area contributed by atoms with Gasteiger partial charge >= 0.3 is 0 Å². The summed E-state index contributed by atoms with van der Waals surface area (Å²) in [5, 5.41) is 6.67. The molecule has 3 heteroatoms. The van der Waals surface area contributed by atoms with Crippen LogP contribution in [-0.2, 0) is 4.79 Å². The summed E-state index contributed by atoms with van der Waals surface area (Å²) in [4.78, 5) is 12.3. The summed E-state index contributed by atoms with van der Waals surface area (Å²) in [5.74, 6) is 1.65. The molecule has 1 aliphatic heterocycles. The van der Waals surface area contributed by atoms with Gasteiger partial charge in [-0.25, -0.2) is 0 Å². The normalized spacial score (nSPS) is 37.1. The van der Waals surface area contributed by atoms with Gasteiger partial charge in [0.25, 0.3) is 0 Å². The van der Waals surface area contributed by atoms with Crippen molar-refractivity contribution in [2.45, 2.75) is 57.9 Å². The molecule has 0 bridgehead atoms. The van der Waals surface area contributed by atoms with Crippen LogP contribution in [0.5, 0.6) is 0 Å². The summed E-state index contributed by atoms with van der Waals surface area (Å²) in [6, 6.07) is 0.103. The van der Waals surface area contributed by atoms with Crippen LogP contribution in [0, 0.1) is 17.3 Å². The first-order valence-corrected chi connectivity index (χ1v) is 7.75. The van der Waals surface area contributed by atoms with E-state index in [0.29, 0.717) is 11.3 Å². The lowest BCUT2D eigenvalue weighted by atomic mass is 9.67. The van der Waals surface area contributed by atoms with E-state index in [1.807, 2.05) is 0 Å². The first-order valence-electron chi connectivity index (χ1n) is 7.75. The Balaban J connectivity index is 1.52. The first-order chi connectivity index (χ1) is 8.74. The van der Waals surface area contributed by atoms with Crippen LogP contribution >= 0.6 is 0 Å². The molecule has 0 aromatic rings.